The van der Waals surface area contributed by atoms with Gasteiger partial charge in [0.2, 0.25) is 0 Å². The third-order valence-electron chi connectivity index (χ3n) is 3.81. The van der Waals surface area contributed by atoms with E-state index < -0.39 is 11.6 Å². The Kier molecular flexibility index (Phi) is 2.84. The standard InChI is InChI=1S/C15H10ClF2N3O/c16-8-6-19-15(22)11-12(7-4-5-7)20-21(13(8)11)14-9(17)2-1-3-10(14)18/h1-3,6-7H,4-5H2,(H,19,22). The molecule has 4 rings (SSSR count). The third kappa shape index (κ3) is 1.87. The van der Waals surface area contributed by atoms with Crippen molar-refractivity contribution in [1.29, 1.82) is 0 Å². The number of aromatic amines is 1. The average Bonchev–Trinajstić information content (AvgIpc) is 3.24. The van der Waals surface area contributed by atoms with E-state index >= 15 is 0 Å². The van der Waals surface area contributed by atoms with Gasteiger partial charge < -0.3 is 4.98 Å². The summed E-state index contributed by atoms with van der Waals surface area (Å²) in [5.41, 5.74) is 0.0916. The zero-order valence-electron chi connectivity index (χ0n) is 11.2. The molecular weight excluding hydrogens is 312 g/mol. The number of benzene rings is 1. The monoisotopic (exact) mass is 321 g/mol. The lowest BCUT2D eigenvalue weighted by Crippen LogP contribution is -2.07. The zero-order valence-corrected chi connectivity index (χ0v) is 12.0. The minimum atomic E-state index is -0.761. The van der Waals surface area contributed by atoms with Gasteiger partial charge >= 0.3 is 0 Å². The highest BCUT2D eigenvalue weighted by molar-refractivity contribution is 6.35. The van der Waals surface area contributed by atoms with Crippen molar-refractivity contribution in [3.05, 3.63) is 57.1 Å². The summed E-state index contributed by atoms with van der Waals surface area (Å²) in [5, 5.41) is 4.79. The van der Waals surface area contributed by atoms with Crippen molar-refractivity contribution in [2.75, 3.05) is 0 Å². The highest BCUT2D eigenvalue weighted by Gasteiger charge is 2.32. The van der Waals surface area contributed by atoms with Crippen LogP contribution in [0.25, 0.3) is 16.6 Å². The van der Waals surface area contributed by atoms with E-state index in [-0.39, 0.29) is 27.7 Å². The second kappa shape index (κ2) is 4.64. The Bertz CT molecular complexity index is 939. The van der Waals surface area contributed by atoms with E-state index in [1.807, 2.05) is 0 Å². The Labute approximate surface area is 128 Å². The largest absolute Gasteiger partial charge is 0.327 e. The van der Waals surface area contributed by atoms with Crippen LogP contribution >= 0.6 is 11.6 Å². The molecule has 0 spiro atoms. The van der Waals surface area contributed by atoms with E-state index in [4.69, 9.17) is 11.6 Å². The predicted octanol–water partition coefficient (Wildman–Crippen LogP) is 3.52. The quantitative estimate of drug-likeness (QED) is 0.785. The first-order valence-corrected chi connectivity index (χ1v) is 7.20. The maximum atomic E-state index is 14.1. The average molecular weight is 322 g/mol. The van der Waals surface area contributed by atoms with Crippen LogP contribution in [0.3, 0.4) is 0 Å². The molecule has 4 nitrogen and oxygen atoms in total. The SMILES string of the molecule is O=c1[nH]cc(Cl)c2c1c(C1CC1)nn2-c1c(F)cccc1F. The first-order valence-electron chi connectivity index (χ1n) is 6.82. The number of para-hydroxylation sites is 1. The van der Waals surface area contributed by atoms with Crippen molar-refractivity contribution in [3.8, 4) is 5.69 Å². The predicted molar refractivity (Wildman–Crippen MR) is 78.6 cm³/mol. The number of rotatable bonds is 2. The summed E-state index contributed by atoms with van der Waals surface area (Å²) in [6.07, 6.45) is 3.11. The normalized spacial score (nSPS) is 14.7. The molecule has 1 aromatic carbocycles. The lowest BCUT2D eigenvalue weighted by atomic mass is 10.2. The van der Waals surface area contributed by atoms with Gasteiger partial charge in [0.05, 0.1) is 16.1 Å². The van der Waals surface area contributed by atoms with Gasteiger partial charge in [-0.2, -0.15) is 5.10 Å². The molecule has 0 atom stereocenters. The molecule has 2 aromatic heterocycles. The van der Waals surface area contributed by atoms with Crippen LogP contribution in [0.1, 0.15) is 24.5 Å². The van der Waals surface area contributed by atoms with Crippen LogP contribution in [-0.4, -0.2) is 14.8 Å². The van der Waals surface area contributed by atoms with Crippen LogP contribution in [0.15, 0.2) is 29.2 Å². The zero-order chi connectivity index (χ0) is 15.4. The molecule has 7 heteroatoms. The topological polar surface area (TPSA) is 50.7 Å². The summed E-state index contributed by atoms with van der Waals surface area (Å²) >= 11 is 6.15. The summed E-state index contributed by atoms with van der Waals surface area (Å²) in [4.78, 5) is 14.7. The van der Waals surface area contributed by atoms with Gasteiger partial charge in [0.25, 0.3) is 5.56 Å². The molecule has 0 amide bonds. The molecule has 2 heterocycles. The molecule has 0 saturated heterocycles. The Morgan fingerprint density at radius 3 is 2.59 bits per heavy atom. The lowest BCUT2D eigenvalue weighted by molar-refractivity contribution is 0.562. The molecule has 0 radical (unpaired) electrons. The molecule has 0 aliphatic heterocycles. The lowest BCUT2D eigenvalue weighted by Gasteiger charge is -2.07. The summed E-state index contributed by atoms with van der Waals surface area (Å²) in [6, 6.07) is 3.56. The number of fused-ring (bicyclic) bond motifs is 1. The number of nitrogens with one attached hydrogen (secondary N) is 1. The maximum Gasteiger partial charge on any atom is 0.259 e. The van der Waals surface area contributed by atoms with Gasteiger partial charge in [0.15, 0.2) is 11.6 Å². The number of aromatic nitrogens is 3. The first kappa shape index (κ1) is 13.5. The molecule has 1 aliphatic carbocycles. The highest BCUT2D eigenvalue weighted by Crippen LogP contribution is 2.43. The van der Waals surface area contributed by atoms with E-state index in [2.05, 4.69) is 10.1 Å². The molecule has 22 heavy (non-hydrogen) atoms. The van der Waals surface area contributed by atoms with Crippen molar-refractivity contribution in [3.63, 3.8) is 0 Å². The van der Waals surface area contributed by atoms with E-state index in [1.54, 1.807) is 0 Å². The fraction of sp³-hybridized carbons (Fsp3) is 0.200. The van der Waals surface area contributed by atoms with Crippen molar-refractivity contribution >= 4 is 22.5 Å². The molecule has 1 saturated carbocycles. The number of halogens is 3. The first-order chi connectivity index (χ1) is 10.6. The van der Waals surface area contributed by atoms with Gasteiger partial charge in [-0.25, -0.2) is 13.5 Å². The van der Waals surface area contributed by atoms with Crippen LogP contribution < -0.4 is 5.56 Å². The van der Waals surface area contributed by atoms with Gasteiger partial charge in [-0.1, -0.05) is 17.7 Å². The molecule has 0 unspecified atom stereocenters. The van der Waals surface area contributed by atoms with Crippen LogP contribution in [-0.2, 0) is 0 Å². The van der Waals surface area contributed by atoms with Gasteiger partial charge in [-0.3, -0.25) is 4.79 Å². The Morgan fingerprint density at radius 1 is 1.27 bits per heavy atom. The minimum absolute atomic E-state index is 0.137. The molecule has 3 aromatic rings. The van der Waals surface area contributed by atoms with Gasteiger partial charge in [-0.15, -0.1) is 0 Å². The molecule has 1 N–H and O–H groups in total. The molecule has 1 aliphatic rings. The van der Waals surface area contributed by atoms with Crippen LogP contribution in [0.4, 0.5) is 8.78 Å². The van der Waals surface area contributed by atoms with Crippen molar-refractivity contribution in [2.45, 2.75) is 18.8 Å². The summed E-state index contributed by atoms with van der Waals surface area (Å²) in [7, 11) is 0. The van der Waals surface area contributed by atoms with Crippen LogP contribution in [0.2, 0.25) is 5.02 Å². The van der Waals surface area contributed by atoms with Gasteiger partial charge in [-0.05, 0) is 25.0 Å². The second-order valence-corrected chi connectivity index (χ2v) is 5.74. The number of H-pyrrole nitrogens is 1. The van der Waals surface area contributed by atoms with E-state index in [0.29, 0.717) is 11.1 Å². The van der Waals surface area contributed by atoms with Gasteiger partial charge in [0.1, 0.15) is 11.2 Å². The Hall–Kier alpha value is -2.21. The molecule has 112 valence electrons. The number of pyridine rings is 1. The highest BCUT2D eigenvalue weighted by atomic mass is 35.5. The number of hydrogen-bond acceptors (Lipinski definition) is 2. The van der Waals surface area contributed by atoms with E-state index in [0.717, 1.165) is 29.7 Å². The second-order valence-electron chi connectivity index (χ2n) is 5.33. The summed E-state index contributed by atoms with van der Waals surface area (Å²) in [5.74, 6) is -1.38. The molecular formula is C15H10ClF2N3O. The fourth-order valence-electron chi connectivity index (χ4n) is 2.64. The fourth-order valence-corrected chi connectivity index (χ4v) is 2.87. The van der Waals surface area contributed by atoms with Crippen molar-refractivity contribution < 1.29 is 8.78 Å². The molecule has 1 fully saturated rings. The Morgan fingerprint density at radius 2 is 1.95 bits per heavy atom. The van der Waals surface area contributed by atoms with Crippen molar-refractivity contribution in [1.82, 2.24) is 14.8 Å². The van der Waals surface area contributed by atoms with Crippen molar-refractivity contribution in [2.24, 2.45) is 0 Å². The number of hydrogen-bond donors (Lipinski definition) is 1. The van der Waals surface area contributed by atoms with Crippen LogP contribution in [0.5, 0.6) is 0 Å². The third-order valence-corrected chi connectivity index (χ3v) is 4.10. The maximum absolute atomic E-state index is 14.1. The van der Waals surface area contributed by atoms with E-state index in [9.17, 15) is 13.6 Å². The smallest absolute Gasteiger partial charge is 0.259 e. The number of nitrogens with zero attached hydrogens (tertiary/aromatic N) is 2. The minimum Gasteiger partial charge on any atom is -0.327 e. The van der Waals surface area contributed by atoms with Crippen LogP contribution in [0, 0.1) is 11.6 Å². The summed E-state index contributed by atoms with van der Waals surface area (Å²) < 4.78 is 29.3. The van der Waals surface area contributed by atoms with E-state index in [1.165, 1.54) is 12.3 Å². The summed E-state index contributed by atoms with van der Waals surface area (Å²) in [6.45, 7) is 0. The Balaban J connectivity index is 2.15. The molecule has 0 bridgehead atoms. The van der Waals surface area contributed by atoms with Gasteiger partial charge in [0, 0.05) is 12.1 Å².